The van der Waals surface area contributed by atoms with E-state index < -0.39 is 0 Å². The van der Waals surface area contributed by atoms with E-state index in [2.05, 4.69) is 77.1 Å². The first kappa shape index (κ1) is 17.6. The molecular formula is C23H30S. The Morgan fingerprint density at radius 2 is 1.38 bits per heavy atom. The van der Waals surface area contributed by atoms with Gasteiger partial charge < -0.3 is 0 Å². The molecule has 1 aliphatic carbocycles. The molecule has 0 heterocycles. The number of fused-ring (bicyclic) bond motifs is 1. The Balaban J connectivity index is 1.88. The third-order valence-electron chi connectivity index (χ3n) is 5.52. The predicted octanol–water partition coefficient (Wildman–Crippen LogP) is 7.14. The second-order valence-electron chi connectivity index (χ2n) is 8.47. The molecule has 0 radical (unpaired) electrons. The van der Waals surface area contributed by atoms with Gasteiger partial charge >= 0.3 is 0 Å². The van der Waals surface area contributed by atoms with Crippen LogP contribution >= 0.6 is 11.8 Å². The van der Waals surface area contributed by atoms with Crippen LogP contribution in [0.15, 0.2) is 52.3 Å². The molecule has 24 heavy (non-hydrogen) atoms. The van der Waals surface area contributed by atoms with Gasteiger partial charge in [0, 0.05) is 9.79 Å². The summed E-state index contributed by atoms with van der Waals surface area (Å²) in [6.07, 6.45) is 4.93. The molecule has 0 amide bonds. The first-order chi connectivity index (χ1) is 11.3. The van der Waals surface area contributed by atoms with Crippen LogP contribution in [0.3, 0.4) is 0 Å². The van der Waals surface area contributed by atoms with E-state index >= 15 is 0 Å². The van der Waals surface area contributed by atoms with Crippen molar-refractivity contribution < 1.29 is 0 Å². The van der Waals surface area contributed by atoms with Crippen LogP contribution in [-0.2, 0) is 17.3 Å². The summed E-state index contributed by atoms with van der Waals surface area (Å²) in [6.45, 7) is 11.8. The molecule has 0 N–H and O–H groups in total. The lowest BCUT2D eigenvalue weighted by molar-refractivity contribution is 0.331. The topological polar surface area (TPSA) is 0 Å². The molecule has 0 bridgehead atoms. The largest absolute Gasteiger partial charge is 0.0901 e. The maximum Gasteiger partial charge on any atom is 0.0125 e. The van der Waals surface area contributed by atoms with Crippen LogP contribution in [0.2, 0.25) is 0 Å². The summed E-state index contributed by atoms with van der Waals surface area (Å²) in [4.78, 5) is 2.70. The van der Waals surface area contributed by atoms with Gasteiger partial charge in [0.05, 0.1) is 0 Å². The molecular weight excluding hydrogens is 308 g/mol. The summed E-state index contributed by atoms with van der Waals surface area (Å²) in [5, 5.41) is 0. The van der Waals surface area contributed by atoms with E-state index in [-0.39, 0.29) is 5.41 Å². The van der Waals surface area contributed by atoms with Gasteiger partial charge in [0.2, 0.25) is 0 Å². The average Bonchev–Trinajstić information content (AvgIpc) is 2.54. The molecule has 3 rings (SSSR count). The normalized spacial score (nSPS) is 18.2. The maximum absolute atomic E-state index is 2.45. The van der Waals surface area contributed by atoms with Crippen molar-refractivity contribution in [3.05, 3.63) is 59.2 Å². The summed E-state index contributed by atoms with van der Waals surface area (Å²) < 4.78 is 0. The van der Waals surface area contributed by atoms with Crippen molar-refractivity contribution in [3.8, 4) is 0 Å². The van der Waals surface area contributed by atoms with Gasteiger partial charge in [0.15, 0.2) is 0 Å². The molecule has 2 aromatic carbocycles. The minimum atomic E-state index is 0.284. The Morgan fingerprint density at radius 1 is 0.792 bits per heavy atom. The monoisotopic (exact) mass is 338 g/mol. The average molecular weight is 339 g/mol. The second kappa shape index (κ2) is 6.59. The zero-order chi connectivity index (χ0) is 17.4. The highest BCUT2D eigenvalue weighted by Crippen LogP contribution is 2.47. The fraction of sp³-hybridized carbons (Fsp3) is 0.478. The zero-order valence-electron chi connectivity index (χ0n) is 15.8. The fourth-order valence-electron chi connectivity index (χ4n) is 3.78. The van der Waals surface area contributed by atoms with Crippen molar-refractivity contribution in [3.63, 3.8) is 0 Å². The molecule has 1 aliphatic rings. The van der Waals surface area contributed by atoms with Crippen LogP contribution in [0.5, 0.6) is 0 Å². The van der Waals surface area contributed by atoms with Crippen LogP contribution < -0.4 is 0 Å². The molecule has 2 aromatic rings. The van der Waals surface area contributed by atoms with Crippen LogP contribution in [0.25, 0.3) is 0 Å². The van der Waals surface area contributed by atoms with E-state index in [1.807, 2.05) is 11.8 Å². The van der Waals surface area contributed by atoms with E-state index in [0.717, 1.165) is 0 Å². The summed E-state index contributed by atoms with van der Waals surface area (Å²) in [7, 11) is 0. The summed E-state index contributed by atoms with van der Waals surface area (Å²) in [5.41, 5.74) is 5.12. The third-order valence-corrected chi connectivity index (χ3v) is 6.52. The first-order valence-corrected chi connectivity index (χ1v) is 10.1. The Labute approximate surface area is 152 Å². The lowest BCUT2D eigenvalue weighted by Crippen LogP contribution is -2.33. The first-order valence-electron chi connectivity index (χ1n) is 9.24. The van der Waals surface area contributed by atoms with Crippen LogP contribution in [0.1, 0.15) is 70.6 Å². The SMILES string of the molecule is CCCc1ccc(Sc2ccc3c(c2)C(C)(C)CCC3(C)C)cc1. The van der Waals surface area contributed by atoms with Crippen molar-refractivity contribution in [2.45, 2.75) is 80.9 Å². The van der Waals surface area contributed by atoms with Gasteiger partial charge in [-0.05, 0) is 71.0 Å². The molecule has 1 heteroatoms. The Hall–Kier alpha value is -1.21. The highest BCUT2D eigenvalue weighted by molar-refractivity contribution is 7.99. The Kier molecular flexibility index (Phi) is 4.84. The van der Waals surface area contributed by atoms with Gasteiger partial charge in [-0.1, -0.05) is 71.0 Å². The third kappa shape index (κ3) is 3.57. The highest BCUT2D eigenvalue weighted by atomic mass is 32.2. The number of benzene rings is 2. The van der Waals surface area contributed by atoms with Crippen LogP contribution in [0.4, 0.5) is 0 Å². The van der Waals surface area contributed by atoms with Gasteiger partial charge in [0.25, 0.3) is 0 Å². The molecule has 0 aromatic heterocycles. The smallest absolute Gasteiger partial charge is 0.0125 e. The lowest BCUT2D eigenvalue weighted by atomic mass is 9.63. The maximum atomic E-state index is 2.45. The predicted molar refractivity (Wildman–Crippen MR) is 106 cm³/mol. The lowest BCUT2D eigenvalue weighted by Gasteiger charge is -2.42. The zero-order valence-corrected chi connectivity index (χ0v) is 16.6. The number of hydrogen-bond donors (Lipinski definition) is 0. The summed E-state index contributed by atoms with van der Waals surface area (Å²) >= 11 is 1.89. The second-order valence-corrected chi connectivity index (χ2v) is 9.62. The van der Waals surface area contributed by atoms with E-state index in [9.17, 15) is 0 Å². The standard InChI is InChI=1S/C23H30S/c1-6-7-17-8-10-18(11-9-17)24-19-12-13-20-21(16-19)23(4,5)15-14-22(20,2)3/h8-13,16H,6-7,14-15H2,1-5H3. The number of aryl methyl sites for hydroxylation is 1. The van der Waals surface area contributed by atoms with Crippen molar-refractivity contribution in [1.29, 1.82) is 0 Å². The molecule has 0 spiro atoms. The summed E-state index contributed by atoms with van der Waals surface area (Å²) in [6, 6.07) is 16.2. The quantitative estimate of drug-likeness (QED) is 0.571. The minimum Gasteiger partial charge on any atom is -0.0901 e. The van der Waals surface area contributed by atoms with Gasteiger partial charge in [-0.15, -0.1) is 0 Å². The molecule has 0 saturated carbocycles. The molecule has 128 valence electrons. The van der Waals surface area contributed by atoms with Crippen LogP contribution in [-0.4, -0.2) is 0 Å². The van der Waals surface area contributed by atoms with Crippen molar-refractivity contribution in [2.75, 3.05) is 0 Å². The van der Waals surface area contributed by atoms with Gasteiger partial charge in [-0.3, -0.25) is 0 Å². The van der Waals surface area contributed by atoms with Gasteiger partial charge in [0.1, 0.15) is 0 Å². The Bertz CT molecular complexity index is 707. The minimum absolute atomic E-state index is 0.284. The van der Waals surface area contributed by atoms with E-state index in [1.165, 1.54) is 41.0 Å². The highest BCUT2D eigenvalue weighted by Gasteiger charge is 2.36. The summed E-state index contributed by atoms with van der Waals surface area (Å²) in [5.74, 6) is 0. The van der Waals surface area contributed by atoms with Gasteiger partial charge in [-0.2, -0.15) is 0 Å². The van der Waals surface area contributed by atoms with Crippen molar-refractivity contribution >= 4 is 11.8 Å². The van der Waals surface area contributed by atoms with E-state index in [4.69, 9.17) is 0 Å². The molecule has 0 saturated heterocycles. The molecule has 0 unspecified atom stereocenters. The van der Waals surface area contributed by atoms with Gasteiger partial charge in [-0.25, -0.2) is 0 Å². The molecule has 0 atom stereocenters. The molecule has 0 fully saturated rings. The van der Waals surface area contributed by atoms with E-state index in [0.29, 0.717) is 5.41 Å². The number of hydrogen-bond acceptors (Lipinski definition) is 1. The van der Waals surface area contributed by atoms with Crippen molar-refractivity contribution in [1.82, 2.24) is 0 Å². The Morgan fingerprint density at radius 3 is 2.00 bits per heavy atom. The van der Waals surface area contributed by atoms with Crippen LogP contribution in [0, 0.1) is 0 Å². The molecule has 0 nitrogen and oxygen atoms in total. The fourth-order valence-corrected chi connectivity index (χ4v) is 4.64. The van der Waals surface area contributed by atoms with Crippen molar-refractivity contribution in [2.24, 2.45) is 0 Å². The van der Waals surface area contributed by atoms with E-state index in [1.54, 1.807) is 11.1 Å². The molecule has 0 aliphatic heterocycles. The number of rotatable bonds is 4.